The third kappa shape index (κ3) is 2.79. The van der Waals surface area contributed by atoms with Crippen molar-refractivity contribution >= 4 is 40.0 Å². The molecule has 1 amide bonds. The first-order valence-corrected chi connectivity index (χ1v) is 7.95. The molecule has 3 N–H and O–H groups in total. The maximum absolute atomic E-state index is 14.4. The molecule has 1 aromatic heterocycles. The van der Waals surface area contributed by atoms with E-state index in [1.165, 1.54) is 17.0 Å². The number of amides is 1. The zero-order chi connectivity index (χ0) is 16.8. The van der Waals surface area contributed by atoms with Crippen LogP contribution < -0.4 is 5.73 Å². The molecule has 0 bridgehead atoms. The molecule has 1 saturated heterocycles. The normalized spacial score (nSPS) is 21.9. The SMILES string of the molecule is NC[C@@]1(F)CCCN(C(=O)c2[nH]c3ccc(F)c(Cl)c3c2Cl)C1. The molecule has 0 radical (unpaired) electrons. The molecule has 1 fully saturated rings. The molecule has 0 saturated carbocycles. The number of hydrogen-bond donors (Lipinski definition) is 2. The number of halogens is 4. The van der Waals surface area contributed by atoms with Gasteiger partial charge in [0, 0.05) is 24.0 Å². The average molecular weight is 362 g/mol. The average Bonchev–Trinajstić information content (AvgIpc) is 2.88. The maximum atomic E-state index is 14.4. The van der Waals surface area contributed by atoms with Crippen molar-refractivity contribution in [1.29, 1.82) is 0 Å². The number of H-pyrrole nitrogens is 1. The smallest absolute Gasteiger partial charge is 0.271 e. The number of nitrogens with two attached hydrogens (primary N) is 1. The number of benzene rings is 1. The number of rotatable bonds is 2. The Bertz CT molecular complexity index is 780. The van der Waals surface area contributed by atoms with Crippen molar-refractivity contribution in [3.8, 4) is 0 Å². The minimum atomic E-state index is -1.59. The molecule has 1 aliphatic heterocycles. The van der Waals surface area contributed by atoms with E-state index in [-0.39, 0.29) is 34.2 Å². The van der Waals surface area contributed by atoms with Gasteiger partial charge in [0.2, 0.25) is 0 Å². The van der Waals surface area contributed by atoms with E-state index in [1.54, 1.807) is 0 Å². The number of alkyl halides is 1. The molecule has 2 aromatic rings. The van der Waals surface area contributed by atoms with E-state index in [1.807, 2.05) is 0 Å². The zero-order valence-electron chi connectivity index (χ0n) is 12.1. The summed E-state index contributed by atoms with van der Waals surface area (Å²) in [6.07, 6.45) is 0.845. The second-order valence-corrected chi connectivity index (χ2v) is 6.54. The van der Waals surface area contributed by atoms with Crippen molar-refractivity contribution in [1.82, 2.24) is 9.88 Å². The van der Waals surface area contributed by atoms with Crippen LogP contribution in [0.3, 0.4) is 0 Å². The van der Waals surface area contributed by atoms with Gasteiger partial charge in [-0.25, -0.2) is 8.78 Å². The van der Waals surface area contributed by atoms with Gasteiger partial charge in [0.05, 0.1) is 16.6 Å². The van der Waals surface area contributed by atoms with E-state index in [0.717, 1.165) is 0 Å². The van der Waals surface area contributed by atoms with E-state index in [4.69, 9.17) is 28.9 Å². The first-order valence-electron chi connectivity index (χ1n) is 7.20. The number of likely N-dealkylation sites (tertiary alicyclic amines) is 1. The predicted molar refractivity (Wildman–Crippen MR) is 86.3 cm³/mol. The van der Waals surface area contributed by atoms with E-state index in [0.29, 0.717) is 24.9 Å². The van der Waals surface area contributed by atoms with E-state index in [9.17, 15) is 13.6 Å². The van der Waals surface area contributed by atoms with Gasteiger partial charge in [-0.1, -0.05) is 23.2 Å². The van der Waals surface area contributed by atoms with E-state index in [2.05, 4.69) is 4.98 Å². The molecule has 0 spiro atoms. The Morgan fingerprint density at radius 2 is 2.13 bits per heavy atom. The Balaban J connectivity index is 1.98. The molecule has 4 nitrogen and oxygen atoms in total. The van der Waals surface area contributed by atoms with Crippen molar-refractivity contribution in [3.63, 3.8) is 0 Å². The highest BCUT2D eigenvalue weighted by molar-refractivity contribution is 6.44. The number of hydrogen-bond acceptors (Lipinski definition) is 2. The van der Waals surface area contributed by atoms with Crippen molar-refractivity contribution < 1.29 is 13.6 Å². The highest BCUT2D eigenvalue weighted by Gasteiger charge is 2.37. The monoisotopic (exact) mass is 361 g/mol. The standard InChI is InChI=1S/C15H15Cl2F2N3O/c16-11-8(18)2-3-9-10(11)12(17)13(21-9)14(23)22-5-1-4-15(19,6-20)7-22/h2-3,21H,1,4-7,20H2/t15-/m0/s1. The van der Waals surface area contributed by atoms with Gasteiger partial charge in [-0.15, -0.1) is 0 Å². The van der Waals surface area contributed by atoms with Gasteiger partial charge >= 0.3 is 0 Å². The maximum Gasteiger partial charge on any atom is 0.271 e. The van der Waals surface area contributed by atoms with Crippen LogP contribution in [0.1, 0.15) is 23.3 Å². The molecule has 23 heavy (non-hydrogen) atoms. The number of aromatic nitrogens is 1. The van der Waals surface area contributed by atoms with Gasteiger partial charge in [0.25, 0.3) is 5.91 Å². The van der Waals surface area contributed by atoms with Crippen molar-refractivity contribution in [3.05, 3.63) is 33.7 Å². The Hall–Kier alpha value is -1.37. The number of fused-ring (bicyclic) bond motifs is 1. The Kier molecular flexibility index (Phi) is 4.25. The number of nitrogens with one attached hydrogen (secondary N) is 1. The predicted octanol–water partition coefficient (Wildman–Crippen LogP) is 3.52. The third-order valence-electron chi connectivity index (χ3n) is 4.19. The van der Waals surface area contributed by atoms with Gasteiger partial charge in [0.1, 0.15) is 17.2 Å². The van der Waals surface area contributed by atoms with Gasteiger partial charge in [0.15, 0.2) is 0 Å². The minimum absolute atomic E-state index is 0.0391. The van der Waals surface area contributed by atoms with Crippen LogP contribution in [0.2, 0.25) is 10.0 Å². The molecule has 124 valence electrons. The number of aromatic amines is 1. The fourth-order valence-electron chi connectivity index (χ4n) is 2.92. The summed E-state index contributed by atoms with van der Waals surface area (Å²) in [6.45, 7) is 0.183. The fraction of sp³-hybridized carbons (Fsp3) is 0.400. The van der Waals surface area contributed by atoms with Crippen LogP contribution in [0.15, 0.2) is 12.1 Å². The van der Waals surface area contributed by atoms with Crippen LogP contribution in [0, 0.1) is 5.82 Å². The summed E-state index contributed by atoms with van der Waals surface area (Å²) in [5.41, 5.74) is 4.40. The fourth-order valence-corrected chi connectivity index (χ4v) is 3.55. The number of nitrogens with zero attached hydrogens (tertiary/aromatic N) is 1. The van der Waals surface area contributed by atoms with Crippen molar-refractivity contribution in [2.45, 2.75) is 18.5 Å². The van der Waals surface area contributed by atoms with Gasteiger partial charge in [-0.2, -0.15) is 0 Å². The van der Waals surface area contributed by atoms with E-state index >= 15 is 0 Å². The quantitative estimate of drug-likeness (QED) is 0.859. The summed E-state index contributed by atoms with van der Waals surface area (Å²) < 4.78 is 28.0. The lowest BCUT2D eigenvalue weighted by molar-refractivity contribution is 0.0375. The zero-order valence-corrected chi connectivity index (χ0v) is 13.6. The Labute approximate surface area is 141 Å². The Morgan fingerprint density at radius 3 is 2.83 bits per heavy atom. The molecule has 1 atom stereocenters. The number of carbonyl (C=O) groups excluding carboxylic acids is 1. The highest BCUT2D eigenvalue weighted by atomic mass is 35.5. The van der Waals surface area contributed by atoms with Crippen molar-refractivity contribution in [2.24, 2.45) is 5.73 Å². The van der Waals surface area contributed by atoms with Gasteiger partial charge in [-0.3, -0.25) is 4.79 Å². The second-order valence-electron chi connectivity index (χ2n) is 5.78. The molecule has 2 heterocycles. The van der Waals surface area contributed by atoms with Crippen LogP contribution in [-0.4, -0.2) is 41.1 Å². The van der Waals surface area contributed by atoms with Crippen LogP contribution in [0.5, 0.6) is 0 Å². The van der Waals surface area contributed by atoms with Crippen LogP contribution in [-0.2, 0) is 0 Å². The van der Waals surface area contributed by atoms with Crippen LogP contribution >= 0.6 is 23.2 Å². The third-order valence-corrected chi connectivity index (χ3v) is 4.93. The first kappa shape index (κ1) is 16.5. The molecular weight excluding hydrogens is 347 g/mol. The van der Waals surface area contributed by atoms with Gasteiger partial charge < -0.3 is 15.6 Å². The molecule has 3 rings (SSSR count). The topological polar surface area (TPSA) is 62.1 Å². The van der Waals surface area contributed by atoms with Crippen molar-refractivity contribution in [2.75, 3.05) is 19.6 Å². The first-order chi connectivity index (χ1) is 10.9. The molecule has 1 aliphatic rings. The number of piperidine rings is 1. The summed E-state index contributed by atoms with van der Waals surface area (Å²) in [6, 6.07) is 2.64. The molecular formula is C15H15Cl2F2N3O. The lowest BCUT2D eigenvalue weighted by atomic mass is 9.94. The lowest BCUT2D eigenvalue weighted by Crippen LogP contribution is -2.51. The summed E-state index contributed by atoms with van der Waals surface area (Å²) in [4.78, 5) is 16.9. The van der Waals surface area contributed by atoms with Crippen LogP contribution in [0.25, 0.3) is 10.9 Å². The molecule has 0 aliphatic carbocycles. The summed E-state index contributed by atoms with van der Waals surface area (Å²) in [7, 11) is 0. The Morgan fingerprint density at radius 1 is 1.39 bits per heavy atom. The molecule has 1 aromatic carbocycles. The van der Waals surface area contributed by atoms with Gasteiger partial charge in [-0.05, 0) is 25.0 Å². The minimum Gasteiger partial charge on any atom is -0.349 e. The van der Waals surface area contributed by atoms with E-state index < -0.39 is 17.4 Å². The summed E-state index contributed by atoms with van der Waals surface area (Å²) in [5.74, 6) is -1.07. The second kappa shape index (κ2) is 5.92. The molecule has 8 heteroatoms. The summed E-state index contributed by atoms with van der Waals surface area (Å²) in [5, 5.41) is 0.138. The van der Waals surface area contributed by atoms with Crippen LogP contribution in [0.4, 0.5) is 8.78 Å². The lowest BCUT2D eigenvalue weighted by Gasteiger charge is -2.36. The number of carbonyl (C=O) groups is 1. The molecule has 0 unspecified atom stereocenters. The summed E-state index contributed by atoms with van der Waals surface area (Å²) >= 11 is 12.1. The largest absolute Gasteiger partial charge is 0.349 e. The highest BCUT2D eigenvalue weighted by Crippen LogP contribution is 2.36.